The number of carbonyl (C=O) groups excluding carboxylic acids is 1. The number of nitro groups is 1. The van der Waals surface area contributed by atoms with E-state index in [9.17, 15) is 14.9 Å². The van der Waals surface area contributed by atoms with Crippen molar-refractivity contribution in [2.75, 3.05) is 24.3 Å². The molecule has 0 aliphatic carbocycles. The number of thioether (sulfide) groups is 1. The van der Waals surface area contributed by atoms with Crippen LogP contribution >= 0.6 is 23.1 Å². The van der Waals surface area contributed by atoms with Crippen molar-refractivity contribution >= 4 is 50.0 Å². The van der Waals surface area contributed by atoms with Gasteiger partial charge in [-0.05, 0) is 37.3 Å². The molecule has 1 atom stereocenters. The second-order valence-electron chi connectivity index (χ2n) is 6.66. The summed E-state index contributed by atoms with van der Waals surface area (Å²) in [5.74, 6) is -0.311. The Kier molecular flexibility index (Phi) is 5.79. The van der Waals surface area contributed by atoms with E-state index in [0.29, 0.717) is 18.3 Å². The lowest BCUT2D eigenvalue weighted by Gasteiger charge is -2.23. The first-order valence-electron chi connectivity index (χ1n) is 9.18. The monoisotopic (exact) mass is 429 g/mol. The molecule has 7 nitrogen and oxygen atoms in total. The van der Waals surface area contributed by atoms with Crippen LogP contribution in [0.1, 0.15) is 23.2 Å². The number of para-hydroxylation sites is 1. The molecule has 1 fully saturated rings. The molecule has 1 aromatic heterocycles. The Morgan fingerprint density at radius 3 is 2.93 bits per heavy atom. The summed E-state index contributed by atoms with van der Waals surface area (Å²) in [5, 5.41) is 11.7. The molecule has 0 spiro atoms. The van der Waals surface area contributed by atoms with Crippen molar-refractivity contribution in [3.8, 4) is 0 Å². The molecule has 4 rings (SSSR count). The van der Waals surface area contributed by atoms with Gasteiger partial charge in [-0.2, -0.15) is 0 Å². The third kappa shape index (κ3) is 4.12. The Morgan fingerprint density at radius 1 is 1.38 bits per heavy atom. The molecule has 1 aliphatic rings. The highest BCUT2D eigenvalue weighted by Gasteiger charge is 2.28. The van der Waals surface area contributed by atoms with Crippen molar-refractivity contribution in [1.29, 1.82) is 0 Å². The van der Waals surface area contributed by atoms with Crippen LogP contribution in [0.3, 0.4) is 0 Å². The lowest BCUT2D eigenvalue weighted by molar-refractivity contribution is -0.384. The maximum Gasteiger partial charge on any atom is 0.270 e. The summed E-state index contributed by atoms with van der Waals surface area (Å²) in [7, 11) is 0. The highest BCUT2D eigenvalue weighted by molar-refractivity contribution is 7.98. The summed E-state index contributed by atoms with van der Waals surface area (Å²) in [6, 6.07) is 11.8. The van der Waals surface area contributed by atoms with E-state index in [4.69, 9.17) is 9.72 Å². The summed E-state index contributed by atoms with van der Waals surface area (Å²) in [5.41, 5.74) is 1.02. The fourth-order valence-electron chi connectivity index (χ4n) is 3.34. The van der Waals surface area contributed by atoms with Crippen LogP contribution < -0.4 is 4.90 Å². The Hall–Kier alpha value is -2.49. The molecule has 9 heteroatoms. The summed E-state index contributed by atoms with van der Waals surface area (Å²) < 4.78 is 6.74. The van der Waals surface area contributed by atoms with Crippen LogP contribution in [0.15, 0.2) is 47.4 Å². The van der Waals surface area contributed by atoms with Gasteiger partial charge in [0.25, 0.3) is 11.6 Å². The van der Waals surface area contributed by atoms with Crippen molar-refractivity contribution in [3.63, 3.8) is 0 Å². The summed E-state index contributed by atoms with van der Waals surface area (Å²) in [4.78, 5) is 31.4. The summed E-state index contributed by atoms with van der Waals surface area (Å²) in [6.07, 6.45) is 3.76. The highest BCUT2D eigenvalue weighted by Crippen LogP contribution is 2.35. The van der Waals surface area contributed by atoms with Crippen molar-refractivity contribution in [2.24, 2.45) is 0 Å². The van der Waals surface area contributed by atoms with Gasteiger partial charge in [0.05, 0.1) is 27.8 Å². The van der Waals surface area contributed by atoms with E-state index in [2.05, 4.69) is 0 Å². The molecule has 2 heterocycles. The fourth-order valence-corrected chi connectivity index (χ4v) is 4.97. The minimum atomic E-state index is -0.496. The van der Waals surface area contributed by atoms with Gasteiger partial charge in [-0.25, -0.2) is 4.98 Å². The number of nitro benzene ring substituents is 1. The number of amides is 1. The molecule has 1 amide bonds. The normalized spacial score (nSPS) is 16.2. The maximum absolute atomic E-state index is 13.3. The largest absolute Gasteiger partial charge is 0.376 e. The molecule has 0 bridgehead atoms. The Balaban J connectivity index is 1.74. The quantitative estimate of drug-likeness (QED) is 0.319. The Labute approximate surface area is 175 Å². The molecule has 150 valence electrons. The second kappa shape index (κ2) is 8.48. The minimum absolute atomic E-state index is 0.0651. The number of aromatic nitrogens is 1. The molecule has 1 unspecified atom stereocenters. The highest BCUT2D eigenvalue weighted by atomic mass is 32.2. The van der Waals surface area contributed by atoms with Gasteiger partial charge in [-0.3, -0.25) is 19.8 Å². The van der Waals surface area contributed by atoms with Crippen LogP contribution in [-0.4, -0.2) is 41.3 Å². The SMILES string of the molecule is CSc1cccc2sc(N(CC3CCCO3)C(=O)c3cccc([N+](=O)[O-])c3)nc12. The predicted octanol–water partition coefficient (Wildman–Crippen LogP) is 4.75. The molecule has 29 heavy (non-hydrogen) atoms. The predicted molar refractivity (Wildman–Crippen MR) is 115 cm³/mol. The van der Waals surface area contributed by atoms with Crippen molar-refractivity contribution in [3.05, 3.63) is 58.1 Å². The number of ether oxygens (including phenoxy) is 1. The number of nitrogens with zero attached hydrogens (tertiary/aromatic N) is 3. The van der Waals surface area contributed by atoms with Crippen LogP contribution in [0.25, 0.3) is 10.2 Å². The van der Waals surface area contributed by atoms with Gasteiger partial charge in [-0.15, -0.1) is 11.8 Å². The number of hydrogen-bond donors (Lipinski definition) is 0. The standard InChI is InChI=1S/C20H19N3O4S2/c1-28-16-8-3-9-17-18(16)21-20(29-17)22(12-15-7-4-10-27-15)19(24)13-5-2-6-14(11-13)23(25)26/h2-3,5-6,8-9,11,15H,4,7,10,12H2,1H3. The van der Waals surface area contributed by atoms with Gasteiger partial charge in [0.1, 0.15) is 0 Å². The van der Waals surface area contributed by atoms with E-state index >= 15 is 0 Å². The number of rotatable bonds is 6. The third-order valence-electron chi connectivity index (χ3n) is 4.78. The topological polar surface area (TPSA) is 85.6 Å². The molecule has 0 radical (unpaired) electrons. The van der Waals surface area contributed by atoms with E-state index in [0.717, 1.165) is 28.0 Å². The van der Waals surface area contributed by atoms with E-state index in [1.807, 2.05) is 24.5 Å². The lowest BCUT2D eigenvalue weighted by atomic mass is 10.1. The first kappa shape index (κ1) is 19.8. The van der Waals surface area contributed by atoms with E-state index in [-0.39, 0.29) is 23.3 Å². The molecule has 0 N–H and O–H groups in total. The Morgan fingerprint density at radius 2 is 2.21 bits per heavy atom. The van der Waals surface area contributed by atoms with Crippen LogP contribution in [-0.2, 0) is 4.74 Å². The molecular weight excluding hydrogens is 410 g/mol. The van der Waals surface area contributed by atoms with E-state index < -0.39 is 4.92 Å². The molecule has 3 aromatic rings. The fraction of sp³-hybridized carbons (Fsp3) is 0.300. The number of hydrogen-bond acceptors (Lipinski definition) is 7. The van der Waals surface area contributed by atoms with Gasteiger partial charge in [-0.1, -0.05) is 23.5 Å². The molecule has 0 saturated carbocycles. The molecule has 2 aromatic carbocycles. The molecule has 1 saturated heterocycles. The van der Waals surface area contributed by atoms with Gasteiger partial charge in [0.15, 0.2) is 5.13 Å². The first-order chi connectivity index (χ1) is 14.1. The van der Waals surface area contributed by atoms with Crippen molar-refractivity contribution in [2.45, 2.75) is 23.8 Å². The van der Waals surface area contributed by atoms with Crippen LogP contribution in [0.2, 0.25) is 0 Å². The van der Waals surface area contributed by atoms with Gasteiger partial charge in [0, 0.05) is 29.2 Å². The van der Waals surface area contributed by atoms with Gasteiger partial charge >= 0.3 is 0 Å². The first-order valence-corrected chi connectivity index (χ1v) is 11.2. The van der Waals surface area contributed by atoms with Crippen molar-refractivity contribution in [1.82, 2.24) is 4.98 Å². The summed E-state index contributed by atoms with van der Waals surface area (Å²) in [6.45, 7) is 1.05. The smallest absolute Gasteiger partial charge is 0.270 e. The van der Waals surface area contributed by atoms with E-state index in [1.54, 1.807) is 22.7 Å². The number of thiazole rings is 1. The average molecular weight is 430 g/mol. The Bertz CT molecular complexity index is 1060. The number of non-ortho nitro benzene ring substituents is 1. The lowest BCUT2D eigenvalue weighted by Crippen LogP contribution is -2.37. The molecule has 1 aliphatic heterocycles. The van der Waals surface area contributed by atoms with Gasteiger partial charge < -0.3 is 4.74 Å². The van der Waals surface area contributed by atoms with Crippen LogP contribution in [0.5, 0.6) is 0 Å². The number of anilines is 1. The van der Waals surface area contributed by atoms with E-state index in [1.165, 1.54) is 29.5 Å². The zero-order chi connectivity index (χ0) is 20.4. The summed E-state index contributed by atoms with van der Waals surface area (Å²) >= 11 is 3.05. The number of fused-ring (bicyclic) bond motifs is 1. The number of benzene rings is 2. The van der Waals surface area contributed by atoms with Crippen molar-refractivity contribution < 1.29 is 14.5 Å². The van der Waals surface area contributed by atoms with Crippen LogP contribution in [0, 0.1) is 10.1 Å². The zero-order valence-electron chi connectivity index (χ0n) is 15.7. The average Bonchev–Trinajstić information content (AvgIpc) is 3.40. The maximum atomic E-state index is 13.3. The van der Waals surface area contributed by atoms with Gasteiger partial charge in [0.2, 0.25) is 0 Å². The zero-order valence-corrected chi connectivity index (χ0v) is 17.4. The second-order valence-corrected chi connectivity index (χ2v) is 8.52. The number of carbonyl (C=O) groups is 1. The third-order valence-corrected chi connectivity index (χ3v) is 6.59. The molecular formula is C20H19N3O4S2. The van der Waals surface area contributed by atoms with Crippen LogP contribution in [0.4, 0.5) is 10.8 Å². The minimum Gasteiger partial charge on any atom is -0.376 e.